The van der Waals surface area contributed by atoms with Gasteiger partial charge in [-0.1, -0.05) is 69.3 Å². The molecule has 3 nitrogen and oxygen atoms in total. The van der Waals surface area contributed by atoms with E-state index in [-0.39, 0.29) is 0 Å². The fourth-order valence-electron chi connectivity index (χ4n) is 3.81. The van der Waals surface area contributed by atoms with Crippen molar-refractivity contribution in [2.45, 2.75) is 60.2 Å². The molecule has 0 N–H and O–H groups in total. The molecule has 3 rings (SSSR count). The topological polar surface area (TPSA) is 43.4 Å². The lowest BCUT2D eigenvalue weighted by Crippen LogP contribution is -2.28. The van der Waals surface area contributed by atoms with E-state index in [1.54, 1.807) is 60.7 Å². The average Bonchev–Trinajstić information content (AvgIpc) is 2.82. The van der Waals surface area contributed by atoms with Crippen molar-refractivity contribution < 1.29 is 25.2 Å². The quantitative estimate of drug-likeness (QED) is 0.305. The Hall–Kier alpha value is -2.29. The number of rotatable bonds is 8. The molecule has 0 radical (unpaired) electrons. The summed E-state index contributed by atoms with van der Waals surface area (Å²) in [6.07, 6.45) is 1.78. The summed E-state index contributed by atoms with van der Waals surface area (Å²) >= 11 is 0. The van der Waals surface area contributed by atoms with Crippen molar-refractivity contribution in [2.24, 2.45) is 0 Å². The maximum Gasteiger partial charge on any atom is 0.524 e. The molecule has 0 aliphatic rings. The zero-order valence-corrected chi connectivity index (χ0v) is 20.4. The lowest BCUT2D eigenvalue weighted by molar-refractivity contribution is -0.0496. The van der Waals surface area contributed by atoms with E-state index in [0.29, 0.717) is 27.5 Å². The maximum absolute atomic E-state index is 13.7. The van der Waals surface area contributed by atoms with E-state index in [4.69, 9.17) is 3.63 Å². The third-order valence-electron chi connectivity index (χ3n) is 5.39. The van der Waals surface area contributed by atoms with Gasteiger partial charge in [-0.3, -0.25) is 0 Å². The Morgan fingerprint density at radius 1 is 0.727 bits per heavy atom. The smallest absolute Gasteiger partial charge is 0.200 e. The molecule has 0 fully saturated rings. The first kappa shape index (κ1) is 25.3. The standard InChI is InChI=1S/C25H27F3O3S2/c1-4-19-17-20(5-2)24(21(6-3)18-19)32(22-13-9-7-10-14-22,23-15-11-8-12-16-23)31-33(29,30)25(26,27)28/h7-18H,4-6H2,1-3H3. The van der Waals surface area contributed by atoms with Crippen LogP contribution in [0.3, 0.4) is 0 Å². The SMILES string of the molecule is CCc1cc(CC)c(S(OS(=O)(=O)C(F)(F)F)(c2ccccc2)c2ccccc2)c(CC)c1. The van der Waals surface area contributed by atoms with Crippen molar-refractivity contribution in [3.63, 3.8) is 0 Å². The Morgan fingerprint density at radius 2 is 1.15 bits per heavy atom. The Labute approximate surface area is 195 Å². The predicted molar refractivity (Wildman–Crippen MR) is 126 cm³/mol. The first-order chi connectivity index (χ1) is 15.6. The van der Waals surface area contributed by atoms with Crippen LogP contribution in [0, 0.1) is 0 Å². The first-order valence-electron chi connectivity index (χ1n) is 10.7. The molecule has 3 aromatic carbocycles. The van der Waals surface area contributed by atoms with E-state index in [9.17, 15) is 21.6 Å². The lowest BCUT2D eigenvalue weighted by atomic mass is 10.0. The van der Waals surface area contributed by atoms with E-state index in [1.165, 1.54) is 0 Å². The summed E-state index contributed by atoms with van der Waals surface area (Å²) in [7, 11) is -9.22. The predicted octanol–water partition coefficient (Wildman–Crippen LogP) is 7.44. The molecule has 0 atom stereocenters. The van der Waals surface area contributed by atoms with Gasteiger partial charge in [0.2, 0.25) is 0 Å². The number of hydrogen-bond donors (Lipinski definition) is 0. The van der Waals surface area contributed by atoms with E-state index in [2.05, 4.69) is 0 Å². The average molecular weight is 497 g/mol. The van der Waals surface area contributed by atoms with Gasteiger partial charge in [0, 0.05) is 14.7 Å². The molecule has 0 aromatic heterocycles. The fraction of sp³-hybridized carbons (Fsp3) is 0.280. The van der Waals surface area contributed by atoms with E-state index >= 15 is 0 Å². The summed E-state index contributed by atoms with van der Waals surface area (Å²) in [5, 5.41) is 0. The van der Waals surface area contributed by atoms with Gasteiger partial charge in [0.05, 0.1) is 0 Å². The molecule has 0 amide bonds. The minimum Gasteiger partial charge on any atom is -0.200 e. The highest BCUT2D eigenvalue weighted by atomic mass is 32.3. The Kier molecular flexibility index (Phi) is 7.61. The van der Waals surface area contributed by atoms with Crippen LogP contribution in [0.5, 0.6) is 0 Å². The number of benzene rings is 3. The Morgan fingerprint density at radius 3 is 1.48 bits per heavy atom. The van der Waals surface area contributed by atoms with Crippen molar-refractivity contribution in [1.29, 1.82) is 0 Å². The summed E-state index contributed by atoms with van der Waals surface area (Å²) in [5.74, 6) is 0. The van der Waals surface area contributed by atoms with E-state index < -0.39 is 25.9 Å². The number of hydrogen-bond acceptors (Lipinski definition) is 3. The van der Waals surface area contributed by atoms with Crippen LogP contribution < -0.4 is 0 Å². The molecular weight excluding hydrogens is 469 g/mol. The molecule has 0 unspecified atom stereocenters. The van der Waals surface area contributed by atoms with Gasteiger partial charge < -0.3 is 0 Å². The van der Waals surface area contributed by atoms with Crippen LogP contribution in [0.15, 0.2) is 87.5 Å². The van der Waals surface area contributed by atoms with Crippen molar-refractivity contribution >= 4 is 20.4 Å². The molecular formula is C25H27F3O3S2. The van der Waals surface area contributed by atoms with Crippen molar-refractivity contribution in [3.8, 4) is 0 Å². The fourth-order valence-corrected chi connectivity index (χ4v) is 9.06. The van der Waals surface area contributed by atoms with Gasteiger partial charge in [-0.05, 0) is 70.5 Å². The largest absolute Gasteiger partial charge is 0.524 e. The summed E-state index contributed by atoms with van der Waals surface area (Å²) in [6, 6.07) is 20.7. The van der Waals surface area contributed by atoms with Crippen LogP contribution in [0.1, 0.15) is 37.5 Å². The minimum absolute atomic E-state index is 0.387. The van der Waals surface area contributed by atoms with Gasteiger partial charge in [-0.2, -0.15) is 25.2 Å². The third-order valence-corrected chi connectivity index (χ3v) is 10.5. The molecule has 0 spiro atoms. The maximum atomic E-state index is 13.7. The summed E-state index contributed by atoms with van der Waals surface area (Å²) in [4.78, 5) is 1.30. The molecule has 0 saturated carbocycles. The molecule has 178 valence electrons. The molecule has 0 saturated heterocycles. The first-order valence-corrected chi connectivity index (χ1v) is 13.7. The summed E-state index contributed by atoms with van der Waals surface area (Å²) < 4.78 is 71.7. The minimum atomic E-state index is -5.93. The molecule has 0 aliphatic heterocycles. The van der Waals surface area contributed by atoms with E-state index in [0.717, 1.165) is 23.1 Å². The summed E-state index contributed by atoms with van der Waals surface area (Å²) in [6.45, 7) is 5.83. The molecule has 8 heteroatoms. The monoisotopic (exact) mass is 496 g/mol. The van der Waals surface area contributed by atoms with Gasteiger partial charge in [0.15, 0.2) is 0 Å². The van der Waals surface area contributed by atoms with Gasteiger partial charge in [0.25, 0.3) is 0 Å². The van der Waals surface area contributed by atoms with Gasteiger partial charge in [-0.15, -0.1) is 0 Å². The second kappa shape index (κ2) is 9.91. The van der Waals surface area contributed by atoms with Gasteiger partial charge in [0.1, 0.15) is 0 Å². The number of halogens is 3. The lowest BCUT2D eigenvalue weighted by Gasteiger charge is -2.42. The number of aryl methyl sites for hydroxylation is 3. The summed E-state index contributed by atoms with van der Waals surface area (Å²) in [5.41, 5.74) is -2.95. The van der Waals surface area contributed by atoms with Gasteiger partial charge >= 0.3 is 15.6 Å². The van der Waals surface area contributed by atoms with Gasteiger partial charge in [-0.25, -0.2) is 0 Å². The highest BCUT2D eigenvalue weighted by Crippen LogP contribution is 2.72. The van der Waals surface area contributed by atoms with E-state index in [1.807, 2.05) is 32.9 Å². The molecule has 33 heavy (non-hydrogen) atoms. The molecule has 3 aromatic rings. The zero-order chi connectivity index (χ0) is 24.3. The Bertz CT molecular complexity index is 1130. The highest BCUT2D eigenvalue weighted by Gasteiger charge is 2.53. The Balaban J connectivity index is 2.55. The molecule has 0 bridgehead atoms. The van der Waals surface area contributed by atoms with Crippen LogP contribution in [0.2, 0.25) is 0 Å². The number of alkyl halides is 3. The van der Waals surface area contributed by atoms with Crippen LogP contribution >= 0.6 is 10.3 Å². The normalized spacial score (nSPS) is 13.2. The second-order valence-electron chi connectivity index (χ2n) is 7.45. The van der Waals surface area contributed by atoms with Crippen molar-refractivity contribution in [1.82, 2.24) is 0 Å². The van der Waals surface area contributed by atoms with Crippen molar-refractivity contribution in [2.75, 3.05) is 0 Å². The highest BCUT2D eigenvalue weighted by molar-refractivity contribution is 8.33. The van der Waals surface area contributed by atoms with Crippen LogP contribution in [0.4, 0.5) is 13.2 Å². The van der Waals surface area contributed by atoms with Crippen LogP contribution in [-0.4, -0.2) is 13.9 Å². The van der Waals surface area contributed by atoms with Crippen LogP contribution in [-0.2, 0) is 33.0 Å². The second-order valence-corrected chi connectivity index (χ2v) is 11.8. The van der Waals surface area contributed by atoms with Crippen LogP contribution in [0.25, 0.3) is 0 Å². The van der Waals surface area contributed by atoms with Crippen molar-refractivity contribution in [3.05, 3.63) is 89.5 Å². The third kappa shape index (κ3) is 4.83. The zero-order valence-electron chi connectivity index (χ0n) is 18.7. The molecule has 0 heterocycles. The molecule has 0 aliphatic carbocycles.